The highest BCUT2D eigenvalue weighted by atomic mass is 35.5. The third-order valence-electron chi connectivity index (χ3n) is 4.34. The number of aromatic nitrogens is 2. The maximum Gasteiger partial charge on any atom is 0.348 e. The van der Waals surface area contributed by atoms with E-state index in [1.54, 1.807) is 38.1 Å². The van der Waals surface area contributed by atoms with Gasteiger partial charge in [-0.1, -0.05) is 11.6 Å². The molecule has 0 spiro atoms. The summed E-state index contributed by atoms with van der Waals surface area (Å²) < 4.78 is 16.8. The Labute approximate surface area is 192 Å². The Kier molecular flexibility index (Phi) is 7.49. The van der Waals surface area contributed by atoms with E-state index in [2.05, 4.69) is 10.4 Å². The van der Waals surface area contributed by atoms with E-state index in [4.69, 9.17) is 25.8 Å². The van der Waals surface area contributed by atoms with Crippen molar-refractivity contribution in [3.8, 4) is 5.75 Å². The zero-order valence-electron chi connectivity index (χ0n) is 17.5. The number of halogens is 1. The van der Waals surface area contributed by atoms with Crippen molar-refractivity contribution in [1.29, 1.82) is 0 Å². The van der Waals surface area contributed by atoms with Gasteiger partial charge in [-0.25, -0.2) is 14.3 Å². The van der Waals surface area contributed by atoms with E-state index in [1.165, 1.54) is 24.1 Å². The van der Waals surface area contributed by atoms with Crippen LogP contribution in [0.25, 0.3) is 0 Å². The van der Waals surface area contributed by atoms with Crippen molar-refractivity contribution in [3.05, 3.63) is 63.2 Å². The lowest BCUT2D eigenvalue weighted by molar-refractivity contribution is 0.0531. The first-order valence-electron chi connectivity index (χ1n) is 9.46. The number of hydrogen-bond donors (Lipinski definition) is 1. The van der Waals surface area contributed by atoms with E-state index >= 15 is 0 Å². The Balaban J connectivity index is 1.82. The summed E-state index contributed by atoms with van der Waals surface area (Å²) in [5.41, 5.74) is 0.658. The molecule has 0 radical (unpaired) electrons. The Morgan fingerprint density at radius 3 is 2.53 bits per heavy atom. The fourth-order valence-electron chi connectivity index (χ4n) is 2.80. The molecule has 0 saturated carbocycles. The summed E-state index contributed by atoms with van der Waals surface area (Å²) in [6.07, 6.45) is 1.45. The Bertz CT molecular complexity index is 1140. The first-order chi connectivity index (χ1) is 15.3. The third-order valence-corrected chi connectivity index (χ3v) is 5.78. The minimum absolute atomic E-state index is 0.0290. The molecule has 0 atom stereocenters. The van der Waals surface area contributed by atoms with Crippen molar-refractivity contribution in [1.82, 2.24) is 9.78 Å². The number of ether oxygens (including phenoxy) is 3. The maximum absolute atomic E-state index is 12.9. The van der Waals surface area contributed by atoms with Gasteiger partial charge in [-0.3, -0.25) is 4.79 Å². The summed E-state index contributed by atoms with van der Waals surface area (Å²) in [4.78, 5) is 37.7. The van der Waals surface area contributed by atoms with E-state index in [-0.39, 0.29) is 34.5 Å². The smallest absolute Gasteiger partial charge is 0.348 e. The van der Waals surface area contributed by atoms with Crippen molar-refractivity contribution < 1.29 is 28.6 Å². The first-order valence-corrected chi connectivity index (χ1v) is 10.7. The predicted octanol–water partition coefficient (Wildman–Crippen LogP) is 4.16. The monoisotopic (exact) mass is 477 g/mol. The molecule has 32 heavy (non-hydrogen) atoms. The van der Waals surface area contributed by atoms with Crippen LogP contribution in [0.3, 0.4) is 0 Å². The van der Waals surface area contributed by atoms with Gasteiger partial charge in [-0.05, 0) is 49.7 Å². The van der Waals surface area contributed by atoms with Gasteiger partial charge in [0.25, 0.3) is 5.91 Å². The molecule has 168 valence electrons. The molecule has 0 aliphatic rings. The summed E-state index contributed by atoms with van der Waals surface area (Å²) in [6.45, 7) is 3.42. The predicted molar refractivity (Wildman–Crippen MR) is 119 cm³/mol. The molecule has 0 aliphatic heterocycles. The number of thiophene rings is 1. The summed E-state index contributed by atoms with van der Waals surface area (Å²) in [5, 5.41) is 7.52. The van der Waals surface area contributed by atoms with Crippen LogP contribution in [-0.4, -0.2) is 41.3 Å². The largest absolute Gasteiger partial charge is 0.471 e. The molecular formula is C21H20ClN3O6S. The standard InChI is InChI=1S/C21H20ClN3O6S/c1-4-30-21(28)17-12(2)16(20(27)29-3)19(32-17)24-18(26)15-9-10-23-25(15)11-31-14-7-5-13(22)6-8-14/h5-10H,4,11H2,1-3H3,(H,24,26). The molecule has 0 bridgehead atoms. The molecule has 2 aromatic heterocycles. The van der Waals surface area contributed by atoms with Gasteiger partial charge >= 0.3 is 11.9 Å². The van der Waals surface area contributed by atoms with Crippen molar-refractivity contribution in [2.75, 3.05) is 19.0 Å². The number of anilines is 1. The van der Waals surface area contributed by atoms with Crippen LogP contribution in [0.5, 0.6) is 5.75 Å². The third kappa shape index (κ3) is 5.09. The molecule has 9 nitrogen and oxygen atoms in total. The SMILES string of the molecule is CCOC(=O)c1sc(NC(=O)c2ccnn2COc2ccc(Cl)cc2)c(C(=O)OC)c1C. The number of nitrogens with zero attached hydrogens (tertiary/aromatic N) is 2. The van der Waals surface area contributed by atoms with Crippen LogP contribution < -0.4 is 10.1 Å². The van der Waals surface area contributed by atoms with Crippen LogP contribution in [0.4, 0.5) is 5.00 Å². The molecule has 1 amide bonds. The van der Waals surface area contributed by atoms with Gasteiger partial charge < -0.3 is 19.5 Å². The number of esters is 2. The van der Waals surface area contributed by atoms with Crippen molar-refractivity contribution >= 4 is 45.8 Å². The van der Waals surface area contributed by atoms with E-state index < -0.39 is 17.8 Å². The van der Waals surface area contributed by atoms with Crippen molar-refractivity contribution in [3.63, 3.8) is 0 Å². The number of carbonyl (C=O) groups is 3. The molecule has 1 N–H and O–H groups in total. The van der Waals surface area contributed by atoms with E-state index in [0.717, 1.165) is 11.3 Å². The van der Waals surface area contributed by atoms with Crippen molar-refractivity contribution in [2.45, 2.75) is 20.6 Å². The summed E-state index contributed by atoms with van der Waals surface area (Å²) in [6, 6.07) is 8.26. The highest BCUT2D eigenvalue weighted by Gasteiger charge is 2.27. The van der Waals surface area contributed by atoms with Gasteiger partial charge in [0.05, 0.1) is 19.3 Å². The molecule has 0 unspecified atom stereocenters. The van der Waals surface area contributed by atoms with Gasteiger partial charge in [0.2, 0.25) is 0 Å². The molecular weight excluding hydrogens is 458 g/mol. The normalized spacial score (nSPS) is 10.5. The van der Waals surface area contributed by atoms with E-state index in [1.807, 2.05) is 0 Å². The van der Waals surface area contributed by atoms with Crippen LogP contribution in [0.15, 0.2) is 36.5 Å². The maximum atomic E-state index is 12.9. The molecule has 0 aliphatic carbocycles. The average Bonchev–Trinajstić information content (AvgIpc) is 3.37. The van der Waals surface area contributed by atoms with Crippen LogP contribution in [0.1, 0.15) is 43.0 Å². The molecule has 0 saturated heterocycles. The lowest BCUT2D eigenvalue weighted by Gasteiger charge is -2.10. The molecule has 0 fully saturated rings. The average molecular weight is 478 g/mol. The number of rotatable bonds is 8. The van der Waals surface area contributed by atoms with Gasteiger partial charge in [0, 0.05) is 11.2 Å². The number of methoxy groups -OCH3 is 1. The van der Waals surface area contributed by atoms with E-state index in [9.17, 15) is 14.4 Å². The summed E-state index contributed by atoms with van der Waals surface area (Å²) in [7, 11) is 1.22. The molecule has 11 heteroatoms. The molecule has 3 rings (SSSR count). The van der Waals surface area contributed by atoms with Crippen LogP contribution >= 0.6 is 22.9 Å². The zero-order chi connectivity index (χ0) is 23.3. The van der Waals surface area contributed by atoms with Crippen LogP contribution in [0.2, 0.25) is 5.02 Å². The zero-order valence-corrected chi connectivity index (χ0v) is 19.1. The van der Waals surface area contributed by atoms with Crippen LogP contribution in [0, 0.1) is 6.92 Å². The number of hydrogen-bond acceptors (Lipinski definition) is 8. The van der Waals surface area contributed by atoms with Gasteiger partial charge in [0.1, 0.15) is 21.3 Å². The minimum atomic E-state index is -0.677. The Morgan fingerprint density at radius 1 is 1.16 bits per heavy atom. The van der Waals surface area contributed by atoms with Gasteiger partial charge in [-0.2, -0.15) is 5.10 Å². The van der Waals surface area contributed by atoms with Gasteiger partial charge in [0.15, 0.2) is 6.73 Å². The number of benzene rings is 1. The number of nitrogens with one attached hydrogen (secondary N) is 1. The first kappa shape index (κ1) is 23.3. The summed E-state index contributed by atoms with van der Waals surface area (Å²) in [5.74, 6) is -1.24. The quantitative estimate of drug-likeness (QED) is 0.485. The molecule has 2 heterocycles. The Morgan fingerprint density at radius 2 is 1.88 bits per heavy atom. The highest BCUT2D eigenvalue weighted by molar-refractivity contribution is 7.18. The minimum Gasteiger partial charge on any atom is -0.471 e. The second-order valence-corrected chi connectivity index (χ2v) is 7.83. The number of amides is 1. The molecule has 3 aromatic rings. The highest BCUT2D eigenvalue weighted by Crippen LogP contribution is 2.34. The number of carbonyl (C=O) groups excluding carboxylic acids is 3. The Hall–Kier alpha value is -3.37. The lowest BCUT2D eigenvalue weighted by Crippen LogP contribution is -2.20. The fraction of sp³-hybridized carbons (Fsp3) is 0.238. The summed E-state index contributed by atoms with van der Waals surface area (Å²) >= 11 is 6.80. The second-order valence-electron chi connectivity index (χ2n) is 6.37. The lowest BCUT2D eigenvalue weighted by atomic mass is 10.1. The second kappa shape index (κ2) is 10.3. The van der Waals surface area contributed by atoms with E-state index in [0.29, 0.717) is 16.3 Å². The van der Waals surface area contributed by atoms with Gasteiger partial charge in [-0.15, -0.1) is 11.3 Å². The van der Waals surface area contributed by atoms with Crippen LogP contribution in [-0.2, 0) is 16.2 Å². The van der Waals surface area contributed by atoms with Crippen molar-refractivity contribution in [2.24, 2.45) is 0 Å². The topological polar surface area (TPSA) is 109 Å². The fourth-order valence-corrected chi connectivity index (χ4v) is 4.01. The molecule has 1 aromatic carbocycles.